The number of carbonyl (C=O) groups is 1. The van der Waals surface area contributed by atoms with Crippen LogP contribution in [-0.2, 0) is 12.7 Å². The number of carbonyl (C=O) groups excluding carboxylic acids is 1. The van der Waals surface area contributed by atoms with Crippen LogP contribution in [0.5, 0.6) is 5.75 Å². The fraction of sp³-hybridized carbons (Fsp3) is 0.231. The summed E-state index contributed by atoms with van der Waals surface area (Å²) in [5.41, 5.74) is 0.0611. The maximum atomic E-state index is 12.7. The Balaban J connectivity index is 2.32. The van der Waals surface area contributed by atoms with Crippen molar-refractivity contribution in [3.05, 3.63) is 45.7 Å². The fourth-order valence-corrected chi connectivity index (χ4v) is 2.35. The third-order valence-corrected chi connectivity index (χ3v) is 3.35. The summed E-state index contributed by atoms with van der Waals surface area (Å²) in [7, 11) is 1.42. The molecule has 112 valence electrons. The number of ether oxygens (including phenoxy) is 1. The van der Waals surface area contributed by atoms with Crippen molar-refractivity contribution in [1.82, 2.24) is 9.78 Å². The van der Waals surface area contributed by atoms with Crippen molar-refractivity contribution in [1.29, 1.82) is 0 Å². The summed E-state index contributed by atoms with van der Waals surface area (Å²) in [6.45, 7) is 0.0942. The van der Waals surface area contributed by atoms with Gasteiger partial charge in [0.15, 0.2) is 5.69 Å². The maximum absolute atomic E-state index is 12.7. The molecule has 1 aromatic heterocycles. The molecule has 21 heavy (non-hydrogen) atoms. The smallest absolute Gasteiger partial charge is 0.436 e. The first-order chi connectivity index (χ1) is 9.85. The number of aromatic nitrogens is 2. The first kappa shape index (κ1) is 15.6. The molecule has 0 aliphatic heterocycles. The number of benzene rings is 1. The normalized spacial score (nSPS) is 11.5. The van der Waals surface area contributed by atoms with E-state index >= 15 is 0 Å². The van der Waals surface area contributed by atoms with Crippen LogP contribution in [-0.4, -0.2) is 23.2 Å². The van der Waals surface area contributed by atoms with Crippen molar-refractivity contribution < 1.29 is 22.7 Å². The lowest BCUT2D eigenvalue weighted by atomic mass is 10.1. The number of hydrogen-bond donors (Lipinski definition) is 0. The third-order valence-electron chi connectivity index (χ3n) is 2.77. The Hall–Kier alpha value is -1.83. The molecule has 0 amide bonds. The van der Waals surface area contributed by atoms with Gasteiger partial charge in [-0.25, -0.2) is 0 Å². The quantitative estimate of drug-likeness (QED) is 0.781. The van der Waals surface area contributed by atoms with Crippen LogP contribution in [0.3, 0.4) is 0 Å². The molecule has 0 N–H and O–H groups in total. The van der Waals surface area contributed by atoms with Crippen LogP contribution < -0.4 is 4.74 Å². The molecule has 0 spiro atoms. The molecule has 0 bridgehead atoms. The van der Waals surface area contributed by atoms with Gasteiger partial charge in [-0.1, -0.05) is 12.1 Å². The first-order valence-corrected chi connectivity index (χ1v) is 6.56. The molecular formula is C13H10BrF3N2O2. The molecular weight excluding hydrogens is 353 g/mol. The summed E-state index contributed by atoms with van der Waals surface area (Å²) < 4.78 is 44.2. The SMILES string of the molecule is COc1cc(C=O)ccc1Cn1cc(Br)c(C(F)(F)F)n1. The van der Waals surface area contributed by atoms with E-state index in [4.69, 9.17) is 4.74 Å². The van der Waals surface area contributed by atoms with Crippen LogP contribution in [0.2, 0.25) is 0 Å². The number of alkyl halides is 3. The Morgan fingerprint density at radius 1 is 1.43 bits per heavy atom. The van der Waals surface area contributed by atoms with Gasteiger partial charge in [-0.05, 0) is 22.0 Å². The Morgan fingerprint density at radius 3 is 2.67 bits per heavy atom. The van der Waals surface area contributed by atoms with E-state index in [9.17, 15) is 18.0 Å². The van der Waals surface area contributed by atoms with Crippen LogP contribution >= 0.6 is 15.9 Å². The van der Waals surface area contributed by atoms with Gasteiger partial charge in [0.25, 0.3) is 0 Å². The third kappa shape index (κ3) is 3.44. The van der Waals surface area contributed by atoms with Gasteiger partial charge in [0.2, 0.25) is 0 Å². The van der Waals surface area contributed by atoms with E-state index in [0.717, 1.165) is 4.68 Å². The molecule has 2 rings (SSSR count). The molecule has 0 fully saturated rings. The summed E-state index contributed by atoms with van der Waals surface area (Å²) in [6, 6.07) is 4.70. The van der Waals surface area contributed by atoms with E-state index in [1.165, 1.54) is 19.4 Å². The second kappa shape index (κ2) is 5.88. The van der Waals surface area contributed by atoms with Crippen LogP contribution in [0.1, 0.15) is 21.6 Å². The molecule has 0 saturated heterocycles. The average molecular weight is 363 g/mol. The van der Waals surface area contributed by atoms with Crippen LogP contribution in [0, 0.1) is 0 Å². The summed E-state index contributed by atoms with van der Waals surface area (Å²) in [5, 5.41) is 3.51. The Bertz CT molecular complexity index is 668. The largest absolute Gasteiger partial charge is 0.496 e. The van der Waals surface area contributed by atoms with Crippen LogP contribution in [0.25, 0.3) is 0 Å². The molecule has 1 aromatic carbocycles. The highest BCUT2D eigenvalue weighted by Crippen LogP contribution is 2.33. The van der Waals surface area contributed by atoms with E-state index in [2.05, 4.69) is 21.0 Å². The van der Waals surface area contributed by atoms with Crippen LogP contribution in [0.4, 0.5) is 13.2 Å². The lowest BCUT2D eigenvalue weighted by Gasteiger charge is -2.09. The summed E-state index contributed by atoms with van der Waals surface area (Å²) in [4.78, 5) is 10.7. The molecule has 8 heteroatoms. The predicted molar refractivity (Wildman–Crippen MR) is 72.4 cm³/mol. The number of halogens is 4. The Labute approximate surface area is 126 Å². The molecule has 4 nitrogen and oxygen atoms in total. The van der Waals surface area contributed by atoms with Crippen molar-refractivity contribution in [2.24, 2.45) is 0 Å². The molecule has 0 atom stereocenters. The Morgan fingerprint density at radius 2 is 2.14 bits per heavy atom. The van der Waals surface area contributed by atoms with Gasteiger partial charge >= 0.3 is 6.18 Å². The molecule has 2 aromatic rings. The van der Waals surface area contributed by atoms with Crippen molar-refractivity contribution in [2.75, 3.05) is 7.11 Å². The number of methoxy groups -OCH3 is 1. The van der Waals surface area contributed by atoms with E-state index < -0.39 is 11.9 Å². The first-order valence-electron chi connectivity index (χ1n) is 5.77. The number of hydrogen-bond acceptors (Lipinski definition) is 3. The number of nitrogens with zero attached hydrogens (tertiary/aromatic N) is 2. The minimum Gasteiger partial charge on any atom is -0.496 e. The standard InChI is InChI=1S/C13H10BrF3N2O2/c1-21-11-4-8(7-20)2-3-9(11)5-19-6-10(14)12(18-19)13(15,16)17/h2-4,6-7H,5H2,1H3. The average Bonchev–Trinajstić information content (AvgIpc) is 2.80. The van der Waals surface area contributed by atoms with Gasteiger partial charge in [0, 0.05) is 17.3 Å². The van der Waals surface area contributed by atoms with Crippen molar-refractivity contribution in [2.45, 2.75) is 12.7 Å². The predicted octanol–water partition coefficient (Wildman–Crippen LogP) is 3.53. The molecule has 0 aliphatic carbocycles. The topological polar surface area (TPSA) is 44.1 Å². The van der Waals surface area contributed by atoms with E-state index in [0.29, 0.717) is 23.2 Å². The number of rotatable bonds is 4. The highest BCUT2D eigenvalue weighted by molar-refractivity contribution is 9.10. The minimum atomic E-state index is -4.52. The van der Waals surface area contributed by atoms with Crippen molar-refractivity contribution in [3.8, 4) is 5.75 Å². The summed E-state index contributed by atoms with van der Waals surface area (Å²) in [6.07, 6.45) is -2.61. The highest BCUT2D eigenvalue weighted by atomic mass is 79.9. The maximum Gasteiger partial charge on any atom is 0.436 e. The molecule has 0 unspecified atom stereocenters. The fourth-order valence-electron chi connectivity index (χ4n) is 1.81. The van der Waals surface area contributed by atoms with Gasteiger partial charge in [0.1, 0.15) is 12.0 Å². The van der Waals surface area contributed by atoms with E-state index in [1.54, 1.807) is 12.1 Å². The highest BCUT2D eigenvalue weighted by Gasteiger charge is 2.36. The van der Waals surface area contributed by atoms with E-state index in [-0.39, 0.29) is 11.0 Å². The van der Waals surface area contributed by atoms with Gasteiger partial charge in [-0.15, -0.1) is 0 Å². The van der Waals surface area contributed by atoms with E-state index in [1.807, 2.05) is 0 Å². The monoisotopic (exact) mass is 362 g/mol. The summed E-state index contributed by atoms with van der Waals surface area (Å²) in [5.74, 6) is 0.416. The zero-order chi connectivity index (χ0) is 15.6. The molecule has 1 heterocycles. The lowest BCUT2D eigenvalue weighted by molar-refractivity contribution is -0.142. The van der Waals surface area contributed by atoms with Gasteiger partial charge in [0.05, 0.1) is 18.1 Å². The van der Waals surface area contributed by atoms with Crippen molar-refractivity contribution in [3.63, 3.8) is 0 Å². The van der Waals surface area contributed by atoms with Gasteiger partial charge < -0.3 is 4.74 Å². The van der Waals surface area contributed by atoms with Crippen molar-refractivity contribution >= 4 is 22.2 Å². The van der Waals surface area contributed by atoms with Crippen LogP contribution in [0.15, 0.2) is 28.9 Å². The molecule has 0 aliphatic rings. The second-order valence-electron chi connectivity index (χ2n) is 4.21. The minimum absolute atomic E-state index is 0.0942. The van der Waals surface area contributed by atoms with Gasteiger partial charge in [-0.3, -0.25) is 9.48 Å². The molecule has 0 saturated carbocycles. The summed E-state index contributed by atoms with van der Waals surface area (Å²) >= 11 is 2.84. The lowest BCUT2D eigenvalue weighted by Crippen LogP contribution is -2.09. The zero-order valence-corrected chi connectivity index (χ0v) is 12.4. The van der Waals surface area contributed by atoms with Gasteiger partial charge in [-0.2, -0.15) is 18.3 Å². The molecule has 0 radical (unpaired) electrons. The Kier molecular flexibility index (Phi) is 4.36. The zero-order valence-electron chi connectivity index (χ0n) is 10.8. The second-order valence-corrected chi connectivity index (χ2v) is 5.06. The number of aldehydes is 1.